The van der Waals surface area contributed by atoms with E-state index < -0.39 is 29.0 Å². The van der Waals surface area contributed by atoms with Gasteiger partial charge in [-0.25, -0.2) is 13.2 Å². The third-order valence-corrected chi connectivity index (χ3v) is 3.63. The number of nitrogens with one attached hydrogen (secondary N) is 1. The van der Waals surface area contributed by atoms with Crippen molar-refractivity contribution in [3.8, 4) is 0 Å². The second-order valence-electron chi connectivity index (χ2n) is 5.50. The summed E-state index contributed by atoms with van der Waals surface area (Å²) in [4.78, 5) is 25.2. The van der Waals surface area contributed by atoms with Crippen molar-refractivity contribution in [2.75, 3.05) is 18.9 Å². The molecule has 6 nitrogen and oxygen atoms in total. The first-order valence-electron chi connectivity index (χ1n) is 7.29. The molecule has 0 saturated carbocycles. The summed E-state index contributed by atoms with van der Waals surface area (Å²) in [6, 6.07) is 1.59. The van der Waals surface area contributed by atoms with E-state index in [-0.39, 0.29) is 18.9 Å². The highest BCUT2D eigenvalue weighted by molar-refractivity contribution is 5.94. The zero-order valence-electron chi connectivity index (χ0n) is 13.8. The number of aromatic nitrogens is 1. The number of nitrogens with zero attached hydrogens (tertiary/aromatic N) is 2. The SMILES string of the molecule is Cc1noc(C)c1CC(=O)N(C)CC(=O)Nc1ccc(F)c(F)c1F. The number of anilines is 1. The highest BCUT2D eigenvalue weighted by Gasteiger charge is 2.20. The Labute approximate surface area is 141 Å². The van der Waals surface area contributed by atoms with Crippen LogP contribution in [0.1, 0.15) is 17.0 Å². The second kappa shape index (κ2) is 7.37. The Kier molecular flexibility index (Phi) is 5.45. The minimum absolute atomic E-state index is 0.00944. The summed E-state index contributed by atoms with van der Waals surface area (Å²) < 4.78 is 44.5. The third kappa shape index (κ3) is 4.17. The van der Waals surface area contributed by atoms with Gasteiger partial charge in [-0.3, -0.25) is 9.59 Å². The van der Waals surface area contributed by atoms with Crippen LogP contribution in [0.25, 0.3) is 0 Å². The van der Waals surface area contributed by atoms with E-state index in [4.69, 9.17) is 4.52 Å². The van der Waals surface area contributed by atoms with E-state index in [1.54, 1.807) is 13.8 Å². The molecule has 1 aromatic carbocycles. The van der Waals surface area contributed by atoms with Gasteiger partial charge in [-0.1, -0.05) is 5.16 Å². The average molecular weight is 355 g/mol. The van der Waals surface area contributed by atoms with Crippen LogP contribution in [0.3, 0.4) is 0 Å². The molecule has 2 aromatic rings. The predicted molar refractivity (Wildman–Crippen MR) is 82.3 cm³/mol. The van der Waals surface area contributed by atoms with Gasteiger partial charge >= 0.3 is 0 Å². The molecule has 9 heteroatoms. The van der Waals surface area contributed by atoms with Crippen LogP contribution in [0.5, 0.6) is 0 Å². The minimum atomic E-state index is -1.68. The molecule has 0 aliphatic rings. The molecule has 1 aromatic heterocycles. The molecule has 0 saturated heterocycles. The van der Waals surface area contributed by atoms with Crippen molar-refractivity contribution in [3.63, 3.8) is 0 Å². The van der Waals surface area contributed by atoms with Gasteiger partial charge in [0.15, 0.2) is 17.5 Å². The van der Waals surface area contributed by atoms with E-state index in [0.717, 1.165) is 11.0 Å². The molecule has 1 heterocycles. The quantitative estimate of drug-likeness (QED) is 0.836. The molecule has 0 spiro atoms. The van der Waals surface area contributed by atoms with Gasteiger partial charge in [-0.05, 0) is 26.0 Å². The zero-order chi connectivity index (χ0) is 18.7. The van der Waals surface area contributed by atoms with Crippen molar-refractivity contribution < 1.29 is 27.3 Å². The summed E-state index contributed by atoms with van der Waals surface area (Å²) in [5.41, 5.74) is 0.701. The van der Waals surface area contributed by atoms with E-state index in [1.165, 1.54) is 7.05 Å². The number of carbonyl (C=O) groups excluding carboxylic acids is 2. The normalized spacial score (nSPS) is 10.6. The standard InChI is InChI=1S/C16H16F3N3O3/c1-8-10(9(2)25-21-8)6-14(24)22(3)7-13(23)20-12-5-4-11(17)15(18)16(12)19/h4-5H,6-7H2,1-3H3,(H,20,23). The van der Waals surface area contributed by atoms with Crippen molar-refractivity contribution in [1.29, 1.82) is 0 Å². The smallest absolute Gasteiger partial charge is 0.244 e. The first kappa shape index (κ1) is 18.5. The Balaban J connectivity index is 1.98. The van der Waals surface area contributed by atoms with Crippen LogP contribution in [0, 0.1) is 31.3 Å². The fourth-order valence-electron chi connectivity index (χ4n) is 2.16. The molecule has 134 valence electrons. The largest absolute Gasteiger partial charge is 0.361 e. The van der Waals surface area contributed by atoms with Crippen molar-refractivity contribution >= 4 is 17.5 Å². The van der Waals surface area contributed by atoms with Crippen LogP contribution in [-0.2, 0) is 16.0 Å². The van der Waals surface area contributed by atoms with Gasteiger partial charge in [-0.2, -0.15) is 0 Å². The van der Waals surface area contributed by atoms with Crippen LogP contribution < -0.4 is 5.32 Å². The fourth-order valence-corrected chi connectivity index (χ4v) is 2.16. The predicted octanol–water partition coefficient (Wildman–Crippen LogP) is 2.35. The Bertz CT molecular complexity index is 801. The monoisotopic (exact) mass is 355 g/mol. The fraction of sp³-hybridized carbons (Fsp3) is 0.312. The van der Waals surface area contributed by atoms with E-state index in [9.17, 15) is 22.8 Å². The van der Waals surface area contributed by atoms with Gasteiger partial charge in [-0.15, -0.1) is 0 Å². The lowest BCUT2D eigenvalue weighted by atomic mass is 10.1. The lowest BCUT2D eigenvalue weighted by molar-refractivity contribution is -0.132. The van der Waals surface area contributed by atoms with Crippen molar-refractivity contribution in [2.45, 2.75) is 20.3 Å². The van der Waals surface area contributed by atoms with Crippen molar-refractivity contribution in [1.82, 2.24) is 10.1 Å². The Morgan fingerprint density at radius 3 is 2.48 bits per heavy atom. The number of rotatable bonds is 5. The van der Waals surface area contributed by atoms with Crippen LogP contribution >= 0.6 is 0 Å². The van der Waals surface area contributed by atoms with Gasteiger partial charge < -0.3 is 14.7 Å². The van der Waals surface area contributed by atoms with E-state index in [0.29, 0.717) is 23.1 Å². The third-order valence-electron chi connectivity index (χ3n) is 3.63. The highest BCUT2D eigenvalue weighted by Crippen LogP contribution is 2.19. The molecule has 0 radical (unpaired) electrons. The first-order chi connectivity index (χ1) is 11.7. The molecule has 25 heavy (non-hydrogen) atoms. The zero-order valence-corrected chi connectivity index (χ0v) is 13.8. The molecule has 0 fully saturated rings. The van der Waals surface area contributed by atoms with Gasteiger partial charge in [0.2, 0.25) is 11.8 Å². The maximum Gasteiger partial charge on any atom is 0.244 e. The summed E-state index contributed by atoms with van der Waals surface area (Å²) in [6.45, 7) is 2.97. The molecule has 1 N–H and O–H groups in total. The molecular weight excluding hydrogens is 339 g/mol. The second-order valence-corrected chi connectivity index (χ2v) is 5.50. The lowest BCUT2D eigenvalue weighted by Gasteiger charge is -2.17. The summed E-state index contributed by atoms with van der Waals surface area (Å²) >= 11 is 0. The number of carbonyl (C=O) groups is 2. The molecule has 0 aliphatic carbocycles. The van der Waals surface area contributed by atoms with Gasteiger partial charge in [0.25, 0.3) is 0 Å². The number of amides is 2. The van der Waals surface area contributed by atoms with Gasteiger partial charge in [0.1, 0.15) is 5.76 Å². The topological polar surface area (TPSA) is 75.4 Å². The molecule has 2 amide bonds. The van der Waals surface area contributed by atoms with Crippen molar-refractivity contribution in [3.05, 3.63) is 46.6 Å². The summed E-state index contributed by atoms with van der Waals surface area (Å²) in [6.07, 6.45) is -0.00944. The first-order valence-corrected chi connectivity index (χ1v) is 7.29. The van der Waals surface area contributed by atoms with Gasteiger partial charge in [0.05, 0.1) is 24.3 Å². The minimum Gasteiger partial charge on any atom is -0.361 e. The number of likely N-dealkylation sites (N-methyl/N-ethyl adjacent to an activating group) is 1. The lowest BCUT2D eigenvalue weighted by Crippen LogP contribution is -2.36. The highest BCUT2D eigenvalue weighted by atomic mass is 19.2. The summed E-state index contributed by atoms with van der Waals surface area (Å²) in [7, 11) is 1.39. The number of hydrogen-bond donors (Lipinski definition) is 1. The number of aryl methyl sites for hydroxylation is 2. The van der Waals surface area contributed by atoms with Crippen LogP contribution in [0.15, 0.2) is 16.7 Å². The number of hydrogen-bond acceptors (Lipinski definition) is 4. The Morgan fingerprint density at radius 2 is 1.88 bits per heavy atom. The molecule has 0 bridgehead atoms. The van der Waals surface area contributed by atoms with E-state index >= 15 is 0 Å². The molecule has 0 aliphatic heterocycles. The van der Waals surface area contributed by atoms with E-state index in [1.807, 2.05) is 0 Å². The maximum absolute atomic E-state index is 13.5. The van der Waals surface area contributed by atoms with Crippen LogP contribution in [0.4, 0.5) is 18.9 Å². The van der Waals surface area contributed by atoms with Crippen LogP contribution in [0.2, 0.25) is 0 Å². The Morgan fingerprint density at radius 1 is 1.20 bits per heavy atom. The number of halogens is 3. The number of benzene rings is 1. The summed E-state index contributed by atoms with van der Waals surface area (Å²) in [5.74, 6) is -5.16. The molecule has 0 atom stereocenters. The molecule has 0 unspecified atom stereocenters. The Hall–Kier alpha value is -2.84. The van der Waals surface area contributed by atoms with Gasteiger partial charge in [0, 0.05) is 12.6 Å². The molecule has 2 rings (SSSR count). The van der Waals surface area contributed by atoms with Crippen LogP contribution in [-0.4, -0.2) is 35.5 Å². The molecular formula is C16H16F3N3O3. The maximum atomic E-state index is 13.5. The average Bonchev–Trinajstić information content (AvgIpc) is 2.87. The van der Waals surface area contributed by atoms with E-state index in [2.05, 4.69) is 10.5 Å². The van der Waals surface area contributed by atoms with Crippen molar-refractivity contribution in [2.24, 2.45) is 0 Å². The summed E-state index contributed by atoms with van der Waals surface area (Å²) in [5, 5.41) is 5.84.